The second-order valence-electron chi connectivity index (χ2n) is 5.14. The Hall–Kier alpha value is -2.36. The number of benzene rings is 1. The van der Waals surface area contributed by atoms with Crippen LogP contribution in [0.25, 0.3) is 11.3 Å². The third-order valence-electron chi connectivity index (χ3n) is 3.40. The second kappa shape index (κ2) is 4.63. The average Bonchev–Trinajstić information content (AvgIpc) is 2.42. The van der Waals surface area contributed by atoms with E-state index in [0.717, 1.165) is 11.3 Å². The van der Waals surface area contributed by atoms with Crippen molar-refractivity contribution in [2.24, 2.45) is 0 Å². The molecule has 1 aliphatic rings. The van der Waals surface area contributed by atoms with Crippen LogP contribution in [-0.4, -0.2) is 24.5 Å². The Morgan fingerprint density at radius 3 is 2.55 bits per heavy atom. The molecule has 4 heteroatoms. The van der Waals surface area contributed by atoms with Gasteiger partial charge in [-0.25, -0.2) is 4.98 Å². The third kappa shape index (κ3) is 2.13. The van der Waals surface area contributed by atoms with Gasteiger partial charge in [0.2, 0.25) is 0 Å². The number of hydrogen-bond acceptors (Lipinski definition) is 3. The number of rotatable bonds is 1. The van der Waals surface area contributed by atoms with Crippen LogP contribution in [0.5, 0.6) is 5.75 Å². The van der Waals surface area contributed by atoms with Gasteiger partial charge < -0.3 is 4.74 Å². The van der Waals surface area contributed by atoms with Gasteiger partial charge in [0.15, 0.2) is 18.2 Å². The Kier molecular flexibility index (Phi) is 2.93. The fourth-order valence-corrected chi connectivity index (χ4v) is 2.43. The molecule has 0 atom stereocenters. The molecule has 0 saturated heterocycles. The van der Waals surface area contributed by atoms with Gasteiger partial charge in [-0.05, 0) is 38.1 Å². The SMILES string of the molecule is Cc1cc(C)cc(-c2ccc3c(n2)N(C)C(=O)CO3)c1. The number of aromatic nitrogens is 1. The highest BCUT2D eigenvalue weighted by Crippen LogP contribution is 2.32. The van der Waals surface area contributed by atoms with Crippen molar-refractivity contribution in [3.63, 3.8) is 0 Å². The van der Waals surface area contributed by atoms with Crippen molar-refractivity contribution in [1.29, 1.82) is 0 Å². The first-order valence-corrected chi connectivity index (χ1v) is 6.53. The van der Waals surface area contributed by atoms with Crippen molar-refractivity contribution < 1.29 is 9.53 Å². The van der Waals surface area contributed by atoms with Crippen LogP contribution in [0.4, 0.5) is 5.82 Å². The normalized spacial score (nSPS) is 13.9. The van der Waals surface area contributed by atoms with Crippen LogP contribution in [0.15, 0.2) is 30.3 Å². The maximum atomic E-state index is 11.7. The molecule has 20 heavy (non-hydrogen) atoms. The van der Waals surface area contributed by atoms with Crippen LogP contribution in [0.1, 0.15) is 11.1 Å². The van der Waals surface area contributed by atoms with E-state index in [1.165, 1.54) is 11.1 Å². The van der Waals surface area contributed by atoms with Crippen molar-refractivity contribution in [3.8, 4) is 17.0 Å². The second-order valence-corrected chi connectivity index (χ2v) is 5.14. The van der Waals surface area contributed by atoms with Crippen LogP contribution in [0.2, 0.25) is 0 Å². The molecule has 0 spiro atoms. The van der Waals surface area contributed by atoms with E-state index in [4.69, 9.17) is 4.74 Å². The van der Waals surface area contributed by atoms with E-state index in [0.29, 0.717) is 11.6 Å². The summed E-state index contributed by atoms with van der Waals surface area (Å²) in [4.78, 5) is 17.8. The number of fused-ring (bicyclic) bond motifs is 1. The summed E-state index contributed by atoms with van der Waals surface area (Å²) in [5.74, 6) is 1.15. The van der Waals surface area contributed by atoms with Gasteiger partial charge in [-0.2, -0.15) is 0 Å². The molecule has 0 aliphatic carbocycles. The highest BCUT2D eigenvalue weighted by Gasteiger charge is 2.24. The first-order valence-electron chi connectivity index (χ1n) is 6.53. The Morgan fingerprint density at radius 1 is 1.15 bits per heavy atom. The van der Waals surface area contributed by atoms with E-state index in [2.05, 4.69) is 37.0 Å². The molecule has 4 nitrogen and oxygen atoms in total. The predicted octanol–water partition coefficient (Wildman–Crippen LogP) is 2.72. The number of carbonyl (C=O) groups excluding carboxylic acids is 1. The molecule has 0 saturated carbocycles. The van der Waals surface area contributed by atoms with Gasteiger partial charge >= 0.3 is 0 Å². The van der Waals surface area contributed by atoms with Gasteiger partial charge in [-0.3, -0.25) is 9.69 Å². The number of ether oxygens (including phenoxy) is 1. The standard InChI is InChI=1S/C16H16N2O2/c1-10-6-11(2)8-12(7-10)13-4-5-14-16(17-13)18(3)15(19)9-20-14/h4-8H,9H2,1-3H3. The van der Waals surface area contributed by atoms with Crippen molar-refractivity contribution in [1.82, 2.24) is 4.98 Å². The first-order chi connectivity index (χ1) is 9.54. The lowest BCUT2D eigenvalue weighted by atomic mass is 10.0. The van der Waals surface area contributed by atoms with Crippen LogP contribution in [0, 0.1) is 13.8 Å². The minimum atomic E-state index is -0.0810. The molecule has 0 bridgehead atoms. The quantitative estimate of drug-likeness (QED) is 0.798. The summed E-state index contributed by atoms with van der Waals surface area (Å²) in [6.07, 6.45) is 0. The molecule has 0 N–H and O–H groups in total. The molecular formula is C16H16N2O2. The predicted molar refractivity (Wildman–Crippen MR) is 78.1 cm³/mol. The summed E-state index contributed by atoms with van der Waals surface area (Å²) in [6, 6.07) is 10.1. The molecule has 2 aromatic rings. The average molecular weight is 268 g/mol. The Bertz CT molecular complexity index is 675. The van der Waals surface area contributed by atoms with Crippen LogP contribution in [-0.2, 0) is 4.79 Å². The first kappa shape index (κ1) is 12.7. The minimum Gasteiger partial charge on any atom is -0.480 e. The van der Waals surface area contributed by atoms with Crippen molar-refractivity contribution in [2.75, 3.05) is 18.6 Å². The molecule has 102 valence electrons. The summed E-state index contributed by atoms with van der Waals surface area (Å²) in [6.45, 7) is 4.20. The van der Waals surface area contributed by atoms with Gasteiger partial charge in [-0.15, -0.1) is 0 Å². The highest BCUT2D eigenvalue weighted by molar-refractivity contribution is 5.96. The minimum absolute atomic E-state index is 0.0775. The highest BCUT2D eigenvalue weighted by atomic mass is 16.5. The Morgan fingerprint density at radius 2 is 1.85 bits per heavy atom. The molecular weight excluding hydrogens is 252 g/mol. The van der Waals surface area contributed by atoms with E-state index < -0.39 is 0 Å². The van der Waals surface area contributed by atoms with E-state index in [1.54, 1.807) is 11.9 Å². The van der Waals surface area contributed by atoms with E-state index in [9.17, 15) is 4.79 Å². The smallest absolute Gasteiger partial charge is 0.265 e. The monoisotopic (exact) mass is 268 g/mol. The zero-order chi connectivity index (χ0) is 14.3. The summed E-state index contributed by atoms with van der Waals surface area (Å²) < 4.78 is 5.39. The number of nitrogens with zero attached hydrogens (tertiary/aromatic N) is 2. The topological polar surface area (TPSA) is 42.4 Å². The molecule has 1 aromatic heterocycles. The fourth-order valence-electron chi connectivity index (χ4n) is 2.43. The maximum Gasteiger partial charge on any atom is 0.265 e. The number of likely N-dealkylation sites (N-methyl/N-ethyl adjacent to an activating group) is 1. The van der Waals surface area contributed by atoms with E-state index >= 15 is 0 Å². The molecule has 0 radical (unpaired) electrons. The van der Waals surface area contributed by atoms with Gasteiger partial charge in [0.25, 0.3) is 5.91 Å². The summed E-state index contributed by atoms with van der Waals surface area (Å²) in [5.41, 5.74) is 4.29. The van der Waals surface area contributed by atoms with Crippen molar-refractivity contribution in [2.45, 2.75) is 13.8 Å². The zero-order valence-corrected chi connectivity index (χ0v) is 11.8. The summed E-state index contributed by atoms with van der Waals surface area (Å²) in [7, 11) is 1.72. The lowest BCUT2D eigenvalue weighted by Gasteiger charge is -2.25. The molecule has 0 fully saturated rings. The number of amides is 1. The van der Waals surface area contributed by atoms with Crippen molar-refractivity contribution in [3.05, 3.63) is 41.5 Å². The van der Waals surface area contributed by atoms with Crippen molar-refractivity contribution >= 4 is 11.7 Å². The number of carbonyl (C=O) groups is 1. The summed E-state index contributed by atoms with van der Waals surface area (Å²) >= 11 is 0. The lowest BCUT2D eigenvalue weighted by molar-refractivity contribution is -0.121. The molecule has 1 aromatic carbocycles. The molecule has 2 heterocycles. The third-order valence-corrected chi connectivity index (χ3v) is 3.40. The fraction of sp³-hybridized carbons (Fsp3) is 0.250. The van der Waals surface area contributed by atoms with Gasteiger partial charge in [0.05, 0.1) is 5.69 Å². The number of aryl methyl sites for hydroxylation is 2. The van der Waals surface area contributed by atoms with Crippen LogP contribution in [0.3, 0.4) is 0 Å². The molecule has 1 aliphatic heterocycles. The van der Waals surface area contributed by atoms with Gasteiger partial charge in [-0.1, -0.05) is 17.2 Å². The molecule has 0 unspecified atom stereocenters. The number of hydrogen-bond donors (Lipinski definition) is 0. The van der Waals surface area contributed by atoms with Gasteiger partial charge in [0, 0.05) is 12.6 Å². The lowest BCUT2D eigenvalue weighted by Crippen LogP contribution is -2.36. The Labute approximate surface area is 118 Å². The van der Waals surface area contributed by atoms with E-state index in [-0.39, 0.29) is 12.5 Å². The molecule has 1 amide bonds. The maximum absolute atomic E-state index is 11.7. The van der Waals surface area contributed by atoms with Crippen LogP contribution >= 0.6 is 0 Å². The molecule has 3 rings (SSSR count). The van der Waals surface area contributed by atoms with Crippen LogP contribution < -0.4 is 9.64 Å². The zero-order valence-electron chi connectivity index (χ0n) is 11.8. The van der Waals surface area contributed by atoms with Gasteiger partial charge in [0.1, 0.15) is 0 Å². The van der Waals surface area contributed by atoms with E-state index in [1.807, 2.05) is 12.1 Å². The number of pyridine rings is 1. The largest absolute Gasteiger partial charge is 0.480 e. The summed E-state index contributed by atoms with van der Waals surface area (Å²) in [5, 5.41) is 0. The number of anilines is 1. The Balaban J connectivity index is 2.10.